The molecule has 1 heterocycles. The van der Waals surface area contributed by atoms with Crippen molar-refractivity contribution in [3.63, 3.8) is 0 Å². The molecule has 0 spiro atoms. The number of rotatable bonds is 6. The number of nitro groups is 1. The van der Waals surface area contributed by atoms with E-state index in [0.29, 0.717) is 11.6 Å². The van der Waals surface area contributed by atoms with Gasteiger partial charge in [0.2, 0.25) is 0 Å². The van der Waals surface area contributed by atoms with Crippen LogP contribution in [0.3, 0.4) is 0 Å². The van der Waals surface area contributed by atoms with Crippen molar-refractivity contribution in [1.82, 2.24) is 0 Å². The first-order valence-corrected chi connectivity index (χ1v) is 11.3. The Kier molecular flexibility index (Phi) is 7.54. The van der Waals surface area contributed by atoms with Gasteiger partial charge >= 0.3 is 5.97 Å². The third-order valence-corrected chi connectivity index (χ3v) is 5.50. The minimum atomic E-state index is -0.708. The lowest BCUT2D eigenvalue weighted by molar-refractivity contribution is -0.384. The fourth-order valence-corrected chi connectivity index (χ4v) is 4.04. The summed E-state index contributed by atoms with van der Waals surface area (Å²) in [7, 11) is 0. The minimum absolute atomic E-state index is 0.0908. The number of piperidine rings is 1. The van der Waals surface area contributed by atoms with Crippen molar-refractivity contribution < 1.29 is 23.6 Å². The van der Waals surface area contributed by atoms with E-state index in [1.54, 1.807) is 26.8 Å². The lowest BCUT2D eigenvalue weighted by Gasteiger charge is -2.32. The summed E-state index contributed by atoms with van der Waals surface area (Å²) in [6.45, 7) is 8.72. The fraction of sp³-hybridized carbons (Fsp3) is 0.440. The van der Waals surface area contributed by atoms with Crippen molar-refractivity contribution in [1.29, 1.82) is 0 Å². The average Bonchev–Trinajstić information content (AvgIpc) is 2.73. The number of esters is 1. The zero-order chi connectivity index (χ0) is 25.0. The molecule has 0 aliphatic carbocycles. The highest BCUT2D eigenvalue weighted by Gasteiger charge is 2.26. The molecule has 1 fully saturated rings. The topological polar surface area (TPSA) is 102 Å². The number of ether oxygens (including phenoxy) is 1. The van der Waals surface area contributed by atoms with Gasteiger partial charge in [0.1, 0.15) is 17.1 Å². The Hall–Kier alpha value is -3.49. The number of hydrogen-bond acceptors (Lipinski definition) is 6. The van der Waals surface area contributed by atoms with Gasteiger partial charge in [0.25, 0.3) is 11.6 Å². The van der Waals surface area contributed by atoms with E-state index < -0.39 is 28.2 Å². The SMILES string of the molecule is CC1CCCN(c2ccc(C(=O)Nc3ccc(F)cc3CC(=O)OC(C)(C)C)cc2[N+](=O)[O-])C1. The first-order chi connectivity index (χ1) is 15.9. The van der Waals surface area contributed by atoms with Gasteiger partial charge in [0, 0.05) is 30.4 Å². The summed E-state index contributed by atoms with van der Waals surface area (Å²) >= 11 is 0. The van der Waals surface area contributed by atoms with Gasteiger partial charge in [-0.25, -0.2) is 4.39 Å². The Morgan fingerprint density at radius 2 is 1.97 bits per heavy atom. The van der Waals surface area contributed by atoms with Crippen molar-refractivity contribution in [2.45, 2.75) is 52.6 Å². The predicted octanol–water partition coefficient (Wildman–Crippen LogP) is 5.11. The lowest BCUT2D eigenvalue weighted by Crippen LogP contribution is -2.34. The Labute approximate surface area is 198 Å². The summed E-state index contributed by atoms with van der Waals surface area (Å²) in [4.78, 5) is 38.4. The van der Waals surface area contributed by atoms with E-state index in [0.717, 1.165) is 38.1 Å². The van der Waals surface area contributed by atoms with Crippen LogP contribution in [0, 0.1) is 21.8 Å². The molecule has 0 radical (unpaired) electrons. The second-order valence-corrected chi connectivity index (χ2v) is 9.67. The number of anilines is 2. The van der Waals surface area contributed by atoms with Crippen LogP contribution >= 0.6 is 0 Å². The van der Waals surface area contributed by atoms with Gasteiger partial charge in [-0.2, -0.15) is 0 Å². The number of hydrogen-bond donors (Lipinski definition) is 1. The standard InChI is InChI=1S/C25H30FN3O5/c1-16-6-5-11-28(15-16)21-10-7-17(13-22(21)29(32)33)24(31)27-20-9-8-19(26)12-18(20)14-23(30)34-25(2,3)4/h7-10,12-13,16H,5-6,11,14-15H2,1-4H3,(H,27,31). The molecule has 2 aromatic carbocycles. The molecule has 1 aliphatic heterocycles. The average molecular weight is 472 g/mol. The molecule has 1 amide bonds. The van der Waals surface area contributed by atoms with E-state index in [-0.39, 0.29) is 28.9 Å². The Morgan fingerprint density at radius 3 is 2.62 bits per heavy atom. The number of nitrogens with zero attached hydrogens (tertiary/aromatic N) is 2. The zero-order valence-corrected chi connectivity index (χ0v) is 19.9. The number of nitrogens with one attached hydrogen (secondary N) is 1. The highest BCUT2D eigenvalue weighted by molar-refractivity contribution is 6.05. The van der Waals surface area contributed by atoms with Crippen LogP contribution in [0.2, 0.25) is 0 Å². The number of benzene rings is 2. The maximum Gasteiger partial charge on any atom is 0.310 e. The van der Waals surface area contributed by atoms with Crippen LogP contribution in [-0.4, -0.2) is 35.5 Å². The van der Waals surface area contributed by atoms with E-state index >= 15 is 0 Å². The first kappa shape index (κ1) is 25.1. The van der Waals surface area contributed by atoms with Crippen LogP contribution in [0.5, 0.6) is 0 Å². The van der Waals surface area contributed by atoms with E-state index in [1.165, 1.54) is 18.2 Å². The van der Waals surface area contributed by atoms with Crippen LogP contribution in [0.15, 0.2) is 36.4 Å². The van der Waals surface area contributed by atoms with Crippen LogP contribution in [0.1, 0.15) is 56.5 Å². The van der Waals surface area contributed by atoms with E-state index in [2.05, 4.69) is 12.2 Å². The minimum Gasteiger partial charge on any atom is -0.460 e. The zero-order valence-electron chi connectivity index (χ0n) is 19.9. The first-order valence-electron chi connectivity index (χ1n) is 11.3. The molecule has 0 saturated carbocycles. The lowest BCUT2D eigenvalue weighted by atomic mass is 9.99. The second kappa shape index (κ2) is 10.2. The molecule has 1 unspecified atom stereocenters. The Morgan fingerprint density at radius 1 is 1.24 bits per heavy atom. The monoisotopic (exact) mass is 471 g/mol. The molecule has 0 bridgehead atoms. The van der Waals surface area contributed by atoms with Gasteiger partial charge in [-0.15, -0.1) is 0 Å². The Balaban J connectivity index is 1.83. The summed E-state index contributed by atoms with van der Waals surface area (Å²) in [5.74, 6) is -1.30. The molecule has 2 aromatic rings. The van der Waals surface area contributed by atoms with Crippen molar-refractivity contribution in [3.05, 3.63) is 63.5 Å². The maximum atomic E-state index is 13.8. The summed E-state index contributed by atoms with van der Waals surface area (Å²) in [6.07, 6.45) is 1.79. The molecular formula is C25H30FN3O5. The molecule has 1 N–H and O–H groups in total. The predicted molar refractivity (Wildman–Crippen MR) is 128 cm³/mol. The normalized spacial score (nSPS) is 16.1. The summed E-state index contributed by atoms with van der Waals surface area (Å²) < 4.78 is 19.1. The fourth-order valence-electron chi connectivity index (χ4n) is 4.04. The molecule has 34 heavy (non-hydrogen) atoms. The maximum absolute atomic E-state index is 13.8. The van der Waals surface area contributed by atoms with E-state index in [1.807, 2.05) is 4.90 Å². The summed E-state index contributed by atoms with van der Waals surface area (Å²) in [5, 5.41) is 14.4. The molecule has 1 atom stereocenters. The van der Waals surface area contributed by atoms with Crippen molar-refractivity contribution in [3.8, 4) is 0 Å². The highest BCUT2D eigenvalue weighted by atomic mass is 19.1. The molecule has 9 heteroatoms. The summed E-state index contributed by atoms with van der Waals surface area (Å²) in [6, 6.07) is 8.05. The molecule has 8 nitrogen and oxygen atoms in total. The molecule has 1 saturated heterocycles. The van der Waals surface area contributed by atoms with Gasteiger partial charge in [-0.3, -0.25) is 19.7 Å². The summed E-state index contributed by atoms with van der Waals surface area (Å²) in [5.41, 5.74) is 0.203. The largest absolute Gasteiger partial charge is 0.460 e. The smallest absolute Gasteiger partial charge is 0.310 e. The quantitative estimate of drug-likeness (QED) is 0.357. The molecule has 1 aliphatic rings. The third-order valence-electron chi connectivity index (χ3n) is 5.50. The van der Waals surface area contributed by atoms with E-state index in [9.17, 15) is 24.1 Å². The molecular weight excluding hydrogens is 441 g/mol. The molecule has 3 rings (SSSR count). The van der Waals surface area contributed by atoms with Crippen molar-refractivity contribution >= 4 is 28.9 Å². The van der Waals surface area contributed by atoms with Crippen LogP contribution in [-0.2, 0) is 16.0 Å². The van der Waals surface area contributed by atoms with E-state index in [4.69, 9.17) is 4.74 Å². The third kappa shape index (κ3) is 6.52. The van der Waals surface area contributed by atoms with Gasteiger partial charge in [-0.05, 0) is 75.4 Å². The van der Waals surface area contributed by atoms with Crippen LogP contribution in [0.25, 0.3) is 0 Å². The number of amides is 1. The van der Waals surface area contributed by atoms with Crippen molar-refractivity contribution in [2.75, 3.05) is 23.3 Å². The van der Waals surface area contributed by atoms with Gasteiger partial charge in [-0.1, -0.05) is 6.92 Å². The number of nitro benzene ring substituents is 1. The van der Waals surface area contributed by atoms with Crippen LogP contribution in [0.4, 0.5) is 21.5 Å². The van der Waals surface area contributed by atoms with Gasteiger partial charge < -0.3 is 15.0 Å². The molecule has 0 aromatic heterocycles. The van der Waals surface area contributed by atoms with Gasteiger partial charge in [0.15, 0.2) is 0 Å². The number of carbonyl (C=O) groups is 2. The van der Waals surface area contributed by atoms with Crippen LogP contribution < -0.4 is 10.2 Å². The second-order valence-electron chi connectivity index (χ2n) is 9.67. The van der Waals surface area contributed by atoms with Crippen molar-refractivity contribution in [2.24, 2.45) is 5.92 Å². The number of carbonyl (C=O) groups excluding carboxylic acids is 2. The van der Waals surface area contributed by atoms with Gasteiger partial charge in [0.05, 0.1) is 11.3 Å². The Bertz CT molecular complexity index is 1100. The molecule has 182 valence electrons. The number of halogens is 1. The highest BCUT2D eigenvalue weighted by Crippen LogP contribution is 2.33.